The van der Waals surface area contributed by atoms with Crippen LogP contribution in [0.5, 0.6) is 5.75 Å². The van der Waals surface area contributed by atoms with Crippen LogP contribution >= 0.6 is 23.2 Å². The Morgan fingerprint density at radius 2 is 1.78 bits per heavy atom. The number of rotatable bonds is 5. The van der Waals surface area contributed by atoms with E-state index in [-0.39, 0.29) is 17.8 Å². The highest BCUT2D eigenvalue weighted by molar-refractivity contribution is 6.34. The number of halogens is 3. The van der Waals surface area contributed by atoms with E-state index in [1.165, 1.54) is 12.1 Å². The minimum atomic E-state index is -0.756. The summed E-state index contributed by atoms with van der Waals surface area (Å²) in [4.78, 5) is 12.2. The van der Waals surface area contributed by atoms with Gasteiger partial charge in [-0.3, -0.25) is 4.79 Å². The van der Waals surface area contributed by atoms with Crippen LogP contribution in [0.3, 0.4) is 0 Å². The molecule has 2 atom stereocenters. The lowest BCUT2D eigenvalue weighted by Crippen LogP contribution is -2.37. The molecule has 0 aliphatic heterocycles. The molecule has 0 fully saturated rings. The Morgan fingerprint density at radius 1 is 1.13 bits per heavy atom. The lowest BCUT2D eigenvalue weighted by Gasteiger charge is -2.19. The van der Waals surface area contributed by atoms with E-state index in [1.807, 2.05) is 6.92 Å². The smallest absolute Gasteiger partial charge is 0.261 e. The molecule has 6 heteroatoms. The summed E-state index contributed by atoms with van der Waals surface area (Å²) >= 11 is 11.9. The van der Waals surface area contributed by atoms with E-state index >= 15 is 0 Å². The van der Waals surface area contributed by atoms with Crippen molar-refractivity contribution in [2.24, 2.45) is 0 Å². The third kappa shape index (κ3) is 4.85. The maximum atomic E-state index is 12.9. The van der Waals surface area contributed by atoms with Gasteiger partial charge >= 0.3 is 0 Å². The van der Waals surface area contributed by atoms with Gasteiger partial charge in [0.25, 0.3) is 5.91 Å². The molecule has 0 aromatic heterocycles. The van der Waals surface area contributed by atoms with Gasteiger partial charge in [0.1, 0.15) is 11.6 Å². The number of nitrogens with one attached hydrogen (secondary N) is 1. The van der Waals surface area contributed by atoms with Crippen LogP contribution in [0, 0.1) is 5.82 Å². The van der Waals surface area contributed by atoms with Gasteiger partial charge in [0.05, 0.1) is 11.1 Å². The Morgan fingerprint density at radius 3 is 2.43 bits per heavy atom. The molecule has 2 aromatic rings. The molecule has 2 rings (SSSR count). The summed E-state index contributed by atoms with van der Waals surface area (Å²) in [7, 11) is 0. The molecular weight excluding hydrogens is 340 g/mol. The highest BCUT2D eigenvalue weighted by Crippen LogP contribution is 2.28. The number of hydrogen-bond acceptors (Lipinski definition) is 2. The summed E-state index contributed by atoms with van der Waals surface area (Å²) in [6.07, 6.45) is -0.756. The fraction of sp³-hybridized carbons (Fsp3) is 0.235. The highest BCUT2D eigenvalue weighted by atomic mass is 35.5. The van der Waals surface area contributed by atoms with Gasteiger partial charge < -0.3 is 10.1 Å². The number of benzene rings is 2. The molecule has 3 nitrogen and oxygen atoms in total. The average molecular weight is 356 g/mol. The second-order valence-electron chi connectivity index (χ2n) is 5.12. The second-order valence-corrected chi connectivity index (χ2v) is 5.96. The van der Waals surface area contributed by atoms with E-state index in [0.717, 1.165) is 5.56 Å². The minimum Gasteiger partial charge on any atom is -0.479 e. The summed E-state index contributed by atoms with van der Waals surface area (Å²) < 4.78 is 18.5. The molecule has 0 bridgehead atoms. The number of carbonyl (C=O) groups is 1. The Hall–Kier alpha value is -1.78. The fourth-order valence-electron chi connectivity index (χ4n) is 1.98. The van der Waals surface area contributed by atoms with Crippen LogP contribution < -0.4 is 10.1 Å². The highest BCUT2D eigenvalue weighted by Gasteiger charge is 2.19. The van der Waals surface area contributed by atoms with Crippen LogP contribution in [0.4, 0.5) is 4.39 Å². The van der Waals surface area contributed by atoms with Crippen molar-refractivity contribution in [1.82, 2.24) is 5.32 Å². The fourth-order valence-corrected chi connectivity index (χ4v) is 2.30. The minimum absolute atomic E-state index is 0.274. The SMILES string of the molecule is CC(Oc1cc(Cl)ccc1Cl)C(=O)NC(C)c1ccc(F)cc1. The van der Waals surface area contributed by atoms with Gasteiger partial charge in [-0.05, 0) is 43.7 Å². The lowest BCUT2D eigenvalue weighted by atomic mass is 10.1. The van der Waals surface area contributed by atoms with Crippen LogP contribution in [0.2, 0.25) is 10.0 Å². The van der Waals surface area contributed by atoms with Crippen LogP contribution in [-0.2, 0) is 4.79 Å². The van der Waals surface area contributed by atoms with E-state index < -0.39 is 6.10 Å². The molecular formula is C17H16Cl2FNO2. The first-order valence-corrected chi connectivity index (χ1v) is 7.80. The van der Waals surface area contributed by atoms with Gasteiger partial charge in [0, 0.05) is 11.1 Å². The van der Waals surface area contributed by atoms with Crippen molar-refractivity contribution >= 4 is 29.1 Å². The Balaban J connectivity index is 1.99. The van der Waals surface area contributed by atoms with Crippen LogP contribution in [-0.4, -0.2) is 12.0 Å². The zero-order valence-electron chi connectivity index (χ0n) is 12.6. The molecule has 0 saturated heterocycles. The van der Waals surface area contributed by atoms with E-state index in [9.17, 15) is 9.18 Å². The van der Waals surface area contributed by atoms with Gasteiger partial charge in [-0.1, -0.05) is 35.3 Å². The first kappa shape index (κ1) is 17.6. The van der Waals surface area contributed by atoms with E-state index in [4.69, 9.17) is 27.9 Å². The van der Waals surface area contributed by atoms with Crippen molar-refractivity contribution in [2.45, 2.75) is 26.0 Å². The van der Waals surface area contributed by atoms with Crippen LogP contribution in [0.25, 0.3) is 0 Å². The lowest BCUT2D eigenvalue weighted by molar-refractivity contribution is -0.127. The molecule has 122 valence electrons. The standard InChI is InChI=1S/C17H16Cl2FNO2/c1-10(12-3-6-14(20)7-4-12)21-17(22)11(2)23-16-9-13(18)5-8-15(16)19/h3-11H,1-2H3,(H,21,22). The van der Waals surface area contributed by atoms with Crippen molar-refractivity contribution < 1.29 is 13.9 Å². The predicted molar refractivity (Wildman–Crippen MR) is 89.5 cm³/mol. The monoisotopic (exact) mass is 355 g/mol. The van der Waals surface area contributed by atoms with Crippen LogP contribution in [0.1, 0.15) is 25.5 Å². The third-order valence-electron chi connectivity index (χ3n) is 3.29. The molecule has 0 aliphatic rings. The number of amides is 1. The first-order valence-electron chi connectivity index (χ1n) is 7.04. The van der Waals surface area contributed by atoms with Gasteiger partial charge in [0.15, 0.2) is 6.10 Å². The van der Waals surface area contributed by atoms with E-state index in [1.54, 1.807) is 37.3 Å². The van der Waals surface area contributed by atoms with E-state index in [0.29, 0.717) is 15.8 Å². The van der Waals surface area contributed by atoms with Crippen molar-refractivity contribution in [3.63, 3.8) is 0 Å². The first-order chi connectivity index (χ1) is 10.9. The second kappa shape index (κ2) is 7.66. The summed E-state index contributed by atoms with van der Waals surface area (Å²) in [5, 5.41) is 3.65. The van der Waals surface area contributed by atoms with Gasteiger partial charge in [-0.2, -0.15) is 0 Å². The molecule has 0 aliphatic carbocycles. The Labute approximate surface area is 144 Å². The van der Waals surface area contributed by atoms with Gasteiger partial charge in [0.2, 0.25) is 0 Å². The Kier molecular flexibility index (Phi) is 5.85. The van der Waals surface area contributed by atoms with Crippen molar-refractivity contribution in [1.29, 1.82) is 0 Å². The summed E-state index contributed by atoms with van der Waals surface area (Å²) in [6, 6.07) is 10.5. The largest absolute Gasteiger partial charge is 0.479 e. The quantitative estimate of drug-likeness (QED) is 0.838. The third-order valence-corrected chi connectivity index (χ3v) is 3.84. The van der Waals surface area contributed by atoms with Gasteiger partial charge in [-0.25, -0.2) is 4.39 Å². The molecule has 0 spiro atoms. The predicted octanol–water partition coefficient (Wildman–Crippen LogP) is 4.78. The molecule has 0 saturated carbocycles. The maximum absolute atomic E-state index is 12.9. The summed E-state index contributed by atoms with van der Waals surface area (Å²) in [6.45, 7) is 3.42. The molecule has 0 radical (unpaired) electrons. The summed E-state index contributed by atoms with van der Waals surface area (Å²) in [5.41, 5.74) is 0.799. The van der Waals surface area contributed by atoms with Crippen molar-refractivity contribution in [3.8, 4) is 5.75 Å². The Bertz CT molecular complexity index is 691. The number of ether oxygens (including phenoxy) is 1. The molecule has 1 amide bonds. The van der Waals surface area contributed by atoms with Crippen molar-refractivity contribution in [3.05, 3.63) is 63.9 Å². The van der Waals surface area contributed by atoms with Crippen LogP contribution in [0.15, 0.2) is 42.5 Å². The number of carbonyl (C=O) groups excluding carboxylic acids is 1. The molecule has 2 aromatic carbocycles. The molecule has 2 unspecified atom stereocenters. The van der Waals surface area contributed by atoms with Gasteiger partial charge in [-0.15, -0.1) is 0 Å². The molecule has 23 heavy (non-hydrogen) atoms. The van der Waals surface area contributed by atoms with Crippen molar-refractivity contribution in [2.75, 3.05) is 0 Å². The van der Waals surface area contributed by atoms with E-state index in [2.05, 4.69) is 5.32 Å². The topological polar surface area (TPSA) is 38.3 Å². The molecule has 0 heterocycles. The normalized spacial score (nSPS) is 13.3. The zero-order chi connectivity index (χ0) is 17.0. The number of hydrogen-bond donors (Lipinski definition) is 1. The maximum Gasteiger partial charge on any atom is 0.261 e. The average Bonchev–Trinajstić information content (AvgIpc) is 2.51. The summed E-state index contributed by atoms with van der Waals surface area (Å²) in [5.74, 6) is -0.284. The zero-order valence-corrected chi connectivity index (χ0v) is 14.2. The molecule has 1 N–H and O–H groups in total.